The molecule has 0 N–H and O–H groups in total. The Labute approximate surface area is 108 Å². The molecule has 1 aromatic rings. The molecule has 0 amide bonds. The molecule has 0 spiro atoms. The first-order valence-corrected chi connectivity index (χ1v) is 5.70. The van der Waals surface area contributed by atoms with Crippen molar-refractivity contribution in [2.24, 2.45) is 0 Å². The molecule has 0 atom stereocenters. The zero-order chi connectivity index (χ0) is 13.3. The van der Waals surface area contributed by atoms with Crippen LogP contribution in [0.25, 0.3) is 0 Å². The molecule has 1 aromatic heterocycles. The molecule has 0 aliphatic heterocycles. The molecule has 1 rings (SSSR count). The Bertz CT molecular complexity index is 415. The average molecular weight is 307 g/mol. The predicted molar refractivity (Wildman–Crippen MR) is 58.3 cm³/mol. The molecule has 0 unspecified atom stereocenters. The molecule has 17 heavy (non-hydrogen) atoms. The van der Waals surface area contributed by atoms with Crippen LogP contribution in [0.5, 0.6) is 0 Å². The molecule has 0 bridgehead atoms. The quantitative estimate of drug-likeness (QED) is 0.346. The molecule has 8 heteroatoms. The van der Waals surface area contributed by atoms with E-state index in [-0.39, 0.29) is 11.0 Å². The first-order valence-electron chi connectivity index (χ1n) is 4.06. The first-order chi connectivity index (χ1) is 7.62. The van der Waals surface area contributed by atoms with Gasteiger partial charge in [0.15, 0.2) is 5.78 Å². The second-order valence-electron chi connectivity index (χ2n) is 2.90. The van der Waals surface area contributed by atoms with Gasteiger partial charge in [-0.1, -0.05) is 6.07 Å². The standard InChI is InChI=1S/C9H4Cl2F4OS/c10-8(12,13)7(9(11,14)15)4-5(16)6-2-1-3-17-6/h1-4H. The van der Waals surface area contributed by atoms with Crippen LogP contribution in [0.3, 0.4) is 0 Å². The van der Waals surface area contributed by atoms with Crippen molar-refractivity contribution in [2.45, 2.75) is 10.8 Å². The van der Waals surface area contributed by atoms with E-state index in [1.165, 1.54) is 17.5 Å². The maximum atomic E-state index is 12.7. The molecular weight excluding hydrogens is 303 g/mol. The van der Waals surface area contributed by atoms with Crippen molar-refractivity contribution in [1.82, 2.24) is 0 Å². The van der Waals surface area contributed by atoms with Gasteiger partial charge in [0.05, 0.1) is 4.88 Å². The fourth-order valence-electron chi connectivity index (χ4n) is 0.945. The zero-order valence-corrected chi connectivity index (χ0v) is 10.2. The van der Waals surface area contributed by atoms with Gasteiger partial charge < -0.3 is 0 Å². The number of halogens is 6. The third-order valence-corrected chi connectivity index (χ3v) is 2.94. The van der Waals surface area contributed by atoms with Crippen molar-refractivity contribution in [3.8, 4) is 0 Å². The summed E-state index contributed by atoms with van der Waals surface area (Å²) >= 11 is 9.87. The monoisotopic (exact) mass is 306 g/mol. The van der Waals surface area contributed by atoms with Gasteiger partial charge in [0, 0.05) is 6.08 Å². The Morgan fingerprint density at radius 3 is 2.12 bits per heavy atom. The van der Waals surface area contributed by atoms with Gasteiger partial charge in [-0.15, -0.1) is 11.3 Å². The molecule has 0 saturated carbocycles. The Morgan fingerprint density at radius 2 is 1.76 bits per heavy atom. The predicted octanol–water partition coefficient (Wildman–Crippen LogP) is 4.52. The second kappa shape index (κ2) is 4.96. The summed E-state index contributed by atoms with van der Waals surface area (Å²) in [6, 6.07) is 2.78. The third-order valence-electron chi connectivity index (χ3n) is 1.65. The normalized spacial score (nSPS) is 12.4. The summed E-state index contributed by atoms with van der Waals surface area (Å²) in [4.78, 5) is 11.4. The summed E-state index contributed by atoms with van der Waals surface area (Å²) in [7, 11) is 0. The lowest BCUT2D eigenvalue weighted by molar-refractivity contribution is 0.0549. The topological polar surface area (TPSA) is 17.1 Å². The van der Waals surface area contributed by atoms with Crippen LogP contribution < -0.4 is 0 Å². The maximum Gasteiger partial charge on any atom is 0.351 e. The van der Waals surface area contributed by atoms with Crippen LogP contribution in [0.15, 0.2) is 29.2 Å². The first kappa shape index (κ1) is 14.5. The number of alkyl halides is 6. The van der Waals surface area contributed by atoms with Crippen molar-refractivity contribution in [2.75, 3.05) is 0 Å². The summed E-state index contributed by atoms with van der Waals surface area (Å²) in [5.74, 6) is -1.00. The molecule has 1 heterocycles. The van der Waals surface area contributed by atoms with Gasteiger partial charge in [-0.3, -0.25) is 4.79 Å². The number of ketones is 1. The van der Waals surface area contributed by atoms with Gasteiger partial charge in [-0.25, -0.2) is 0 Å². The summed E-state index contributed by atoms with van der Waals surface area (Å²) in [6.07, 6.45) is 0.0613. The number of hydrogen-bond acceptors (Lipinski definition) is 2. The molecule has 0 saturated heterocycles. The number of carbonyl (C=O) groups excluding carboxylic acids is 1. The lowest BCUT2D eigenvalue weighted by atomic mass is 10.2. The second-order valence-corrected chi connectivity index (χ2v) is 4.79. The Hall–Kier alpha value is -0.590. The van der Waals surface area contributed by atoms with E-state index in [1.807, 2.05) is 0 Å². The summed E-state index contributed by atoms with van der Waals surface area (Å²) < 4.78 is 50.7. The van der Waals surface area contributed by atoms with Gasteiger partial charge in [-0.2, -0.15) is 17.6 Å². The molecule has 0 aliphatic carbocycles. The van der Waals surface area contributed by atoms with E-state index in [9.17, 15) is 22.4 Å². The van der Waals surface area contributed by atoms with E-state index in [0.29, 0.717) is 0 Å². The highest BCUT2D eigenvalue weighted by atomic mass is 35.5. The van der Waals surface area contributed by atoms with E-state index in [0.717, 1.165) is 11.3 Å². The van der Waals surface area contributed by atoms with Gasteiger partial charge in [0.1, 0.15) is 5.57 Å². The van der Waals surface area contributed by atoms with Crippen LogP contribution in [-0.2, 0) is 0 Å². The zero-order valence-electron chi connectivity index (χ0n) is 7.89. The average Bonchev–Trinajstić information content (AvgIpc) is 2.62. The van der Waals surface area contributed by atoms with E-state index >= 15 is 0 Å². The summed E-state index contributed by atoms with van der Waals surface area (Å²) in [5, 5.41) is -7.28. The number of rotatable bonds is 4. The lowest BCUT2D eigenvalue weighted by Gasteiger charge is -2.16. The summed E-state index contributed by atoms with van der Waals surface area (Å²) in [5.41, 5.74) is -1.94. The minimum absolute atomic E-state index is 0.0318. The van der Waals surface area contributed by atoms with Crippen LogP contribution >= 0.6 is 34.5 Å². The molecule has 1 nitrogen and oxygen atoms in total. The molecule has 0 aliphatic rings. The molecule has 0 radical (unpaired) electrons. The molecule has 0 fully saturated rings. The van der Waals surface area contributed by atoms with Crippen LogP contribution in [-0.4, -0.2) is 16.5 Å². The van der Waals surface area contributed by atoms with Crippen LogP contribution in [0.2, 0.25) is 0 Å². The highest BCUT2D eigenvalue weighted by molar-refractivity contribution is 7.12. The minimum Gasteiger partial charge on any atom is -0.288 e. The van der Waals surface area contributed by atoms with Crippen molar-refractivity contribution >= 4 is 40.3 Å². The molecular formula is C9H4Cl2F4OS. The molecule has 0 aromatic carbocycles. The lowest BCUT2D eigenvalue weighted by Crippen LogP contribution is -2.25. The minimum atomic E-state index is -4.39. The number of hydrogen-bond donors (Lipinski definition) is 0. The van der Waals surface area contributed by atoms with E-state index in [2.05, 4.69) is 23.2 Å². The summed E-state index contributed by atoms with van der Waals surface area (Å²) in [6.45, 7) is 0. The highest BCUT2D eigenvalue weighted by Gasteiger charge is 2.47. The number of allylic oxidation sites excluding steroid dienone is 2. The van der Waals surface area contributed by atoms with Crippen molar-refractivity contribution < 1.29 is 22.4 Å². The SMILES string of the molecule is O=C(C=C(C(F)(F)Cl)C(F)(F)Cl)c1cccs1. The largest absolute Gasteiger partial charge is 0.351 e. The number of thiophene rings is 1. The van der Waals surface area contributed by atoms with Crippen molar-refractivity contribution in [1.29, 1.82) is 0 Å². The smallest absolute Gasteiger partial charge is 0.288 e. The maximum absolute atomic E-state index is 12.7. The Balaban J connectivity index is 3.12. The fraction of sp³-hybridized carbons (Fsp3) is 0.222. The van der Waals surface area contributed by atoms with E-state index in [1.54, 1.807) is 0 Å². The third kappa shape index (κ3) is 3.97. The highest BCUT2D eigenvalue weighted by Crippen LogP contribution is 2.41. The van der Waals surface area contributed by atoms with Crippen molar-refractivity contribution in [3.63, 3.8) is 0 Å². The van der Waals surface area contributed by atoms with Crippen LogP contribution in [0, 0.1) is 0 Å². The van der Waals surface area contributed by atoms with E-state index < -0.39 is 22.1 Å². The fourth-order valence-corrected chi connectivity index (χ4v) is 1.98. The Kier molecular flexibility index (Phi) is 4.22. The van der Waals surface area contributed by atoms with Crippen LogP contribution in [0.4, 0.5) is 17.6 Å². The van der Waals surface area contributed by atoms with Gasteiger partial charge in [0.2, 0.25) is 0 Å². The molecule has 94 valence electrons. The van der Waals surface area contributed by atoms with Gasteiger partial charge >= 0.3 is 10.8 Å². The number of carbonyl (C=O) groups is 1. The Morgan fingerprint density at radius 1 is 1.24 bits per heavy atom. The van der Waals surface area contributed by atoms with Gasteiger partial charge in [0.25, 0.3) is 0 Å². The van der Waals surface area contributed by atoms with Gasteiger partial charge in [-0.05, 0) is 34.6 Å². The van der Waals surface area contributed by atoms with Crippen LogP contribution in [0.1, 0.15) is 9.67 Å². The van der Waals surface area contributed by atoms with E-state index in [4.69, 9.17) is 0 Å². The van der Waals surface area contributed by atoms with Crippen molar-refractivity contribution in [3.05, 3.63) is 34.0 Å².